The first kappa shape index (κ1) is 24.1. The Morgan fingerprint density at radius 1 is 1.21 bits per heavy atom. The third-order valence-corrected chi connectivity index (χ3v) is 4.96. The van der Waals surface area contributed by atoms with Crippen LogP contribution in [0.3, 0.4) is 0 Å². The third kappa shape index (κ3) is 6.26. The quantitative estimate of drug-likeness (QED) is 0.542. The van der Waals surface area contributed by atoms with E-state index in [1.165, 1.54) is 31.8 Å². The fourth-order valence-corrected chi connectivity index (χ4v) is 3.34. The van der Waals surface area contributed by atoms with Crippen molar-refractivity contribution in [1.82, 2.24) is 14.9 Å². The first-order valence-corrected chi connectivity index (χ1v) is 9.98. The lowest BCUT2D eigenvalue weighted by Gasteiger charge is -2.16. The van der Waals surface area contributed by atoms with Gasteiger partial charge in [-0.2, -0.15) is 0 Å². The summed E-state index contributed by atoms with van der Waals surface area (Å²) in [6.07, 6.45) is -2.17. The average molecular weight is 482 g/mol. The minimum atomic E-state index is -4.78. The van der Waals surface area contributed by atoms with Crippen molar-refractivity contribution in [1.29, 1.82) is 0 Å². The highest BCUT2D eigenvalue weighted by atomic mass is 35.5. The zero-order valence-electron chi connectivity index (χ0n) is 17.5. The van der Waals surface area contributed by atoms with E-state index in [1.807, 2.05) is 0 Å². The summed E-state index contributed by atoms with van der Waals surface area (Å²) in [5.74, 6) is -0.388. The largest absolute Gasteiger partial charge is 0.573 e. The molecule has 0 bridgehead atoms. The molecule has 0 saturated carbocycles. The summed E-state index contributed by atoms with van der Waals surface area (Å²) in [5, 5.41) is 3.02. The standard InChI is InChI=1S/C22H19ClF3N3O4/c1-13(14-3-6-16(7-4-14)33-22(24,25)26)28-20(30)11-29-12-27-10-17(21(29)31)15-5-8-19(32-2)18(23)9-15/h3-10,12-13H,11H2,1-2H3,(H,28,30)/t13-/m0/s1. The molecule has 174 valence electrons. The molecule has 0 spiro atoms. The van der Waals surface area contributed by atoms with Crippen molar-refractivity contribution in [2.75, 3.05) is 7.11 Å². The second-order valence-electron chi connectivity index (χ2n) is 7.00. The maximum Gasteiger partial charge on any atom is 0.573 e. The van der Waals surface area contributed by atoms with Crippen LogP contribution in [0.15, 0.2) is 59.8 Å². The molecule has 7 nitrogen and oxygen atoms in total. The maximum absolute atomic E-state index is 12.8. The summed E-state index contributed by atoms with van der Waals surface area (Å²) in [5.41, 5.74) is 0.887. The van der Waals surface area contributed by atoms with Crippen molar-refractivity contribution >= 4 is 17.5 Å². The van der Waals surface area contributed by atoms with Gasteiger partial charge in [-0.15, -0.1) is 13.2 Å². The van der Waals surface area contributed by atoms with E-state index in [9.17, 15) is 22.8 Å². The second-order valence-corrected chi connectivity index (χ2v) is 7.40. The molecule has 0 fully saturated rings. The van der Waals surface area contributed by atoms with Crippen LogP contribution in [0.5, 0.6) is 11.5 Å². The van der Waals surface area contributed by atoms with E-state index >= 15 is 0 Å². The van der Waals surface area contributed by atoms with Gasteiger partial charge >= 0.3 is 6.36 Å². The highest BCUT2D eigenvalue weighted by molar-refractivity contribution is 6.32. The SMILES string of the molecule is COc1ccc(-c2cncn(CC(=O)N[C@@H](C)c3ccc(OC(F)(F)F)cc3)c2=O)cc1Cl. The van der Waals surface area contributed by atoms with Gasteiger partial charge < -0.3 is 14.8 Å². The van der Waals surface area contributed by atoms with Gasteiger partial charge in [-0.1, -0.05) is 29.8 Å². The summed E-state index contributed by atoms with van der Waals surface area (Å²) >= 11 is 6.13. The number of nitrogens with zero attached hydrogens (tertiary/aromatic N) is 2. The van der Waals surface area contributed by atoms with E-state index in [-0.39, 0.29) is 17.9 Å². The Kier molecular flexibility index (Phi) is 7.27. The van der Waals surface area contributed by atoms with Gasteiger partial charge in [-0.25, -0.2) is 4.98 Å². The van der Waals surface area contributed by atoms with Crippen LogP contribution in [-0.2, 0) is 11.3 Å². The first-order valence-electron chi connectivity index (χ1n) is 9.61. The summed E-state index contributed by atoms with van der Waals surface area (Å²) in [4.78, 5) is 29.3. The Hall–Kier alpha value is -3.53. The van der Waals surface area contributed by atoms with Crippen LogP contribution in [0, 0.1) is 0 Å². The number of methoxy groups -OCH3 is 1. The van der Waals surface area contributed by atoms with Gasteiger partial charge in [0, 0.05) is 6.20 Å². The second kappa shape index (κ2) is 9.95. The molecule has 2 aromatic carbocycles. The zero-order valence-corrected chi connectivity index (χ0v) is 18.3. The van der Waals surface area contributed by atoms with Crippen molar-refractivity contribution in [3.63, 3.8) is 0 Å². The van der Waals surface area contributed by atoms with E-state index in [0.717, 1.165) is 16.7 Å². The number of amides is 1. The van der Waals surface area contributed by atoms with Gasteiger partial charge in [0.2, 0.25) is 5.91 Å². The molecule has 0 saturated heterocycles. The normalized spacial score (nSPS) is 12.2. The fraction of sp³-hybridized carbons (Fsp3) is 0.227. The molecule has 1 amide bonds. The van der Waals surface area contributed by atoms with Crippen LogP contribution >= 0.6 is 11.6 Å². The van der Waals surface area contributed by atoms with E-state index in [0.29, 0.717) is 21.9 Å². The predicted octanol–water partition coefficient (Wildman–Crippen LogP) is 4.35. The van der Waals surface area contributed by atoms with Crippen molar-refractivity contribution in [2.45, 2.75) is 25.9 Å². The molecule has 0 aliphatic heterocycles. The van der Waals surface area contributed by atoms with E-state index in [2.05, 4.69) is 15.0 Å². The lowest BCUT2D eigenvalue weighted by atomic mass is 10.1. The molecule has 3 rings (SSSR count). The number of carbonyl (C=O) groups is 1. The predicted molar refractivity (Wildman–Crippen MR) is 115 cm³/mol. The molecular weight excluding hydrogens is 463 g/mol. The fourth-order valence-electron chi connectivity index (χ4n) is 3.08. The number of rotatable bonds is 7. The van der Waals surface area contributed by atoms with Gasteiger partial charge in [0.05, 0.1) is 30.1 Å². The zero-order chi connectivity index (χ0) is 24.2. The number of halogens is 4. The van der Waals surface area contributed by atoms with Crippen LogP contribution in [-0.4, -0.2) is 28.9 Å². The minimum Gasteiger partial charge on any atom is -0.495 e. The molecule has 1 atom stereocenters. The van der Waals surface area contributed by atoms with Crippen LogP contribution in [0.1, 0.15) is 18.5 Å². The van der Waals surface area contributed by atoms with E-state index in [1.54, 1.807) is 25.1 Å². The summed E-state index contributed by atoms with van der Waals surface area (Å²) in [7, 11) is 1.47. The van der Waals surface area contributed by atoms with Gasteiger partial charge in [0.25, 0.3) is 5.56 Å². The number of hydrogen-bond acceptors (Lipinski definition) is 5. The Balaban J connectivity index is 1.70. The Morgan fingerprint density at radius 3 is 2.52 bits per heavy atom. The molecule has 0 aliphatic carbocycles. The van der Waals surface area contributed by atoms with Crippen molar-refractivity contribution < 1.29 is 27.4 Å². The molecule has 0 unspecified atom stereocenters. The van der Waals surface area contributed by atoms with E-state index < -0.39 is 23.9 Å². The maximum atomic E-state index is 12.8. The van der Waals surface area contributed by atoms with Crippen molar-refractivity contribution in [3.8, 4) is 22.6 Å². The molecule has 11 heteroatoms. The molecule has 0 aliphatic rings. The number of nitrogens with one attached hydrogen (secondary N) is 1. The topological polar surface area (TPSA) is 82.5 Å². The Bertz CT molecular complexity index is 1200. The number of alkyl halides is 3. The lowest BCUT2D eigenvalue weighted by molar-refractivity contribution is -0.274. The molecule has 1 heterocycles. The number of aromatic nitrogens is 2. The lowest BCUT2D eigenvalue weighted by Crippen LogP contribution is -2.34. The van der Waals surface area contributed by atoms with Gasteiger partial charge in [0.15, 0.2) is 0 Å². The van der Waals surface area contributed by atoms with Gasteiger partial charge in [-0.05, 0) is 42.3 Å². The minimum absolute atomic E-state index is 0.253. The van der Waals surface area contributed by atoms with Crippen LogP contribution in [0.2, 0.25) is 5.02 Å². The van der Waals surface area contributed by atoms with Gasteiger partial charge in [0.1, 0.15) is 18.0 Å². The number of ether oxygens (including phenoxy) is 2. The number of carbonyl (C=O) groups excluding carboxylic acids is 1. The molecule has 0 radical (unpaired) electrons. The molecule has 1 N–H and O–H groups in total. The third-order valence-electron chi connectivity index (χ3n) is 4.67. The highest BCUT2D eigenvalue weighted by Gasteiger charge is 2.31. The molecule has 3 aromatic rings. The molecule has 33 heavy (non-hydrogen) atoms. The Labute approximate surface area is 191 Å². The molecular formula is C22H19ClF3N3O4. The van der Waals surface area contributed by atoms with Crippen LogP contribution in [0.4, 0.5) is 13.2 Å². The van der Waals surface area contributed by atoms with Crippen molar-refractivity contribution in [2.24, 2.45) is 0 Å². The van der Waals surface area contributed by atoms with Crippen LogP contribution < -0.4 is 20.3 Å². The number of benzene rings is 2. The van der Waals surface area contributed by atoms with Crippen LogP contribution in [0.25, 0.3) is 11.1 Å². The summed E-state index contributed by atoms with van der Waals surface area (Å²) in [6.45, 7) is 1.36. The molecule has 1 aromatic heterocycles. The van der Waals surface area contributed by atoms with Gasteiger partial charge in [-0.3, -0.25) is 14.2 Å². The van der Waals surface area contributed by atoms with Crippen molar-refractivity contribution in [3.05, 3.63) is 75.9 Å². The monoisotopic (exact) mass is 481 g/mol. The highest BCUT2D eigenvalue weighted by Crippen LogP contribution is 2.28. The first-order chi connectivity index (χ1) is 15.6. The Morgan fingerprint density at radius 2 is 1.91 bits per heavy atom. The summed E-state index contributed by atoms with van der Waals surface area (Å²) in [6, 6.07) is 9.45. The smallest absolute Gasteiger partial charge is 0.495 e. The summed E-state index contributed by atoms with van der Waals surface area (Å²) < 4.78 is 46.9. The average Bonchev–Trinajstić information content (AvgIpc) is 2.74. The number of hydrogen-bond donors (Lipinski definition) is 1. The van der Waals surface area contributed by atoms with E-state index in [4.69, 9.17) is 16.3 Å².